The molecule has 26 heavy (non-hydrogen) atoms. The maximum Gasteiger partial charge on any atom is 0.142 e. The van der Waals surface area contributed by atoms with E-state index in [-0.39, 0.29) is 0 Å². The molecule has 6 heteroatoms. The molecular weight excluding hydrogens is 332 g/mol. The first-order valence-electron chi connectivity index (χ1n) is 8.75. The lowest BCUT2D eigenvalue weighted by molar-refractivity contribution is 0.0626. The monoisotopic (exact) mass is 352 g/mol. The lowest BCUT2D eigenvalue weighted by Crippen LogP contribution is -2.35. The first-order valence-corrected chi connectivity index (χ1v) is 8.75. The molecule has 2 aromatic heterocycles. The Morgan fingerprint density at radius 3 is 2.15 bits per heavy atom. The normalized spacial score (nSPS) is 17.2. The van der Waals surface area contributed by atoms with E-state index >= 15 is 0 Å². The number of ether oxygens (including phenoxy) is 2. The quantitative estimate of drug-likeness (QED) is 0.715. The van der Waals surface area contributed by atoms with Crippen molar-refractivity contribution < 1.29 is 18.3 Å². The van der Waals surface area contributed by atoms with E-state index in [1.807, 2.05) is 24.3 Å². The minimum Gasteiger partial charge on any atom is -0.478 e. The molecule has 0 spiro atoms. The van der Waals surface area contributed by atoms with E-state index in [2.05, 4.69) is 21.9 Å². The molecule has 0 saturated carbocycles. The van der Waals surface area contributed by atoms with Crippen molar-refractivity contribution in [1.29, 1.82) is 0 Å². The number of hydrogen-bond acceptors (Lipinski definition) is 6. The van der Waals surface area contributed by atoms with Crippen molar-refractivity contribution in [2.45, 2.75) is 26.2 Å². The Morgan fingerprint density at radius 2 is 1.46 bits per heavy atom. The van der Waals surface area contributed by atoms with Gasteiger partial charge in [-0.2, -0.15) is 0 Å². The zero-order chi connectivity index (χ0) is 17.3. The fourth-order valence-corrected chi connectivity index (χ4v) is 3.57. The molecule has 2 aliphatic heterocycles. The standard InChI is InChI=1S/C20H20N2O4/c1-3-16(23-7-1)10-21-9-15-5-6-19-18(20(15)26-14-21)12-22(13-25-19)11-17-4-2-8-24-17/h1-8H,9-14H2. The summed E-state index contributed by atoms with van der Waals surface area (Å²) in [5.74, 6) is 3.76. The van der Waals surface area contributed by atoms with Crippen LogP contribution in [0, 0.1) is 0 Å². The number of rotatable bonds is 4. The summed E-state index contributed by atoms with van der Waals surface area (Å²) in [7, 11) is 0. The minimum absolute atomic E-state index is 0.544. The molecule has 1 aromatic carbocycles. The molecule has 0 atom stereocenters. The van der Waals surface area contributed by atoms with Crippen molar-refractivity contribution in [2.24, 2.45) is 0 Å². The van der Waals surface area contributed by atoms with E-state index in [0.29, 0.717) is 13.5 Å². The fraction of sp³-hybridized carbons (Fsp3) is 0.300. The van der Waals surface area contributed by atoms with Crippen molar-refractivity contribution in [3.63, 3.8) is 0 Å². The van der Waals surface area contributed by atoms with Crippen LogP contribution in [-0.2, 0) is 26.2 Å². The molecule has 0 unspecified atom stereocenters. The Balaban J connectivity index is 1.34. The van der Waals surface area contributed by atoms with Gasteiger partial charge >= 0.3 is 0 Å². The number of benzene rings is 1. The van der Waals surface area contributed by atoms with E-state index in [1.54, 1.807) is 12.5 Å². The second-order valence-corrected chi connectivity index (χ2v) is 6.71. The van der Waals surface area contributed by atoms with E-state index in [9.17, 15) is 0 Å². The van der Waals surface area contributed by atoms with Gasteiger partial charge in [-0.1, -0.05) is 6.07 Å². The highest BCUT2D eigenvalue weighted by atomic mass is 16.5. The van der Waals surface area contributed by atoms with Gasteiger partial charge in [0.1, 0.15) is 36.5 Å². The Kier molecular flexibility index (Phi) is 3.92. The zero-order valence-corrected chi connectivity index (χ0v) is 14.4. The molecule has 0 N–H and O–H groups in total. The van der Waals surface area contributed by atoms with E-state index in [0.717, 1.165) is 54.8 Å². The maximum absolute atomic E-state index is 6.12. The van der Waals surface area contributed by atoms with Gasteiger partial charge in [-0.15, -0.1) is 0 Å². The summed E-state index contributed by atoms with van der Waals surface area (Å²) in [6, 6.07) is 12.0. The summed E-state index contributed by atoms with van der Waals surface area (Å²) in [5.41, 5.74) is 2.31. The highest BCUT2D eigenvalue weighted by Crippen LogP contribution is 2.39. The van der Waals surface area contributed by atoms with Gasteiger partial charge < -0.3 is 18.3 Å². The molecule has 134 valence electrons. The molecule has 2 aliphatic rings. The second kappa shape index (κ2) is 6.55. The molecule has 0 saturated heterocycles. The van der Waals surface area contributed by atoms with E-state index in [1.165, 1.54) is 5.56 Å². The van der Waals surface area contributed by atoms with Gasteiger partial charge in [0.05, 0.1) is 31.2 Å². The van der Waals surface area contributed by atoms with Crippen LogP contribution in [0.4, 0.5) is 0 Å². The predicted octanol–water partition coefficient (Wildman–Crippen LogP) is 3.58. The van der Waals surface area contributed by atoms with E-state index in [4.69, 9.17) is 18.3 Å². The van der Waals surface area contributed by atoms with Crippen LogP contribution in [0.15, 0.2) is 57.8 Å². The molecule has 6 nitrogen and oxygen atoms in total. The number of fused-ring (bicyclic) bond motifs is 3. The largest absolute Gasteiger partial charge is 0.478 e. The Bertz CT molecular complexity index is 874. The van der Waals surface area contributed by atoms with Crippen LogP contribution in [0.25, 0.3) is 0 Å². The zero-order valence-electron chi connectivity index (χ0n) is 14.4. The third kappa shape index (κ3) is 2.98. The van der Waals surface area contributed by atoms with Crippen molar-refractivity contribution >= 4 is 0 Å². The maximum atomic E-state index is 6.12. The predicted molar refractivity (Wildman–Crippen MR) is 93.3 cm³/mol. The first kappa shape index (κ1) is 15.5. The van der Waals surface area contributed by atoms with Crippen molar-refractivity contribution in [1.82, 2.24) is 9.80 Å². The summed E-state index contributed by atoms with van der Waals surface area (Å²) < 4.78 is 23.0. The van der Waals surface area contributed by atoms with Gasteiger partial charge in [0, 0.05) is 18.7 Å². The summed E-state index contributed by atoms with van der Waals surface area (Å²) >= 11 is 0. The van der Waals surface area contributed by atoms with Crippen LogP contribution in [0.5, 0.6) is 11.5 Å². The lowest BCUT2D eigenvalue weighted by atomic mass is 10.0. The van der Waals surface area contributed by atoms with Crippen molar-refractivity contribution in [2.75, 3.05) is 13.5 Å². The average molecular weight is 352 g/mol. The molecule has 5 rings (SSSR count). The van der Waals surface area contributed by atoms with Crippen LogP contribution in [-0.4, -0.2) is 23.3 Å². The summed E-state index contributed by atoms with van der Waals surface area (Å²) in [4.78, 5) is 4.43. The molecule has 0 fully saturated rings. The lowest BCUT2D eigenvalue weighted by Gasteiger charge is -2.34. The summed E-state index contributed by atoms with van der Waals surface area (Å²) in [6.45, 7) is 4.18. The molecule has 0 radical (unpaired) electrons. The van der Waals surface area contributed by atoms with Gasteiger partial charge in [0.15, 0.2) is 0 Å². The molecule has 3 aromatic rings. The third-order valence-electron chi connectivity index (χ3n) is 4.79. The number of nitrogens with zero attached hydrogens (tertiary/aromatic N) is 2. The smallest absolute Gasteiger partial charge is 0.142 e. The average Bonchev–Trinajstić information content (AvgIpc) is 3.35. The molecule has 0 bridgehead atoms. The van der Waals surface area contributed by atoms with Crippen LogP contribution in [0.3, 0.4) is 0 Å². The minimum atomic E-state index is 0.544. The van der Waals surface area contributed by atoms with E-state index < -0.39 is 0 Å². The molecular formula is C20H20N2O4. The highest BCUT2D eigenvalue weighted by Gasteiger charge is 2.27. The second-order valence-electron chi connectivity index (χ2n) is 6.71. The number of furan rings is 2. The first-order chi connectivity index (χ1) is 12.8. The molecule has 4 heterocycles. The highest BCUT2D eigenvalue weighted by molar-refractivity contribution is 5.51. The van der Waals surface area contributed by atoms with Crippen LogP contribution < -0.4 is 9.47 Å². The van der Waals surface area contributed by atoms with Gasteiger partial charge in [0.2, 0.25) is 0 Å². The van der Waals surface area contributed by atoms with Gasteiger partial charge in [0.25, 0.3) is 0 Å². The Labute approximate surface area is 151 Å². The Hall–Kier alpha value is -2.70. The summed E-state index contributed by atoms with van der Waals surface area (Å²) in [5, 5.41) is 0. The van der Waals surface area contributed by atoms with Gasteiger partial charge in [-0.3, -0.25) is 9.80 Å². The van der Waals surface area contributed by atoms with Crippen LogP contribution >= 0.6 is 0 Å². The topological polar surface area (TPSA) is 51.2 Å². The third-order valence-corrected chi connectivity index (χ3v) is 4.79. The van der Waals surface area contributed by atoms with Gasteiger partial charge in [-0.25, -0.2) is 0 Å². The fourth-order valence-electron chi connectivity index (χ4n) is 3.57. The van der Waals surface area contributed by atoms with Gasteiger partial charge in [-0.05, 0) is 30.3 Å². The number of hydrogen-bond donors (Lipinski definition) is 0. The van der Waals surface area contributed by atoms with Crippen molar-refractivity contribution in [3.8, 4) is 11.5 Å². The van der Waals surface area contributed by atoms with Crippen LogP contribution in [0.1, 0.15) is 22.6 Å². The summed E-state index contributed by atoms with van der Waals surface area (Å²) in [6.07, 6.45) is 3.40. The molecule has 0 aliphatic carbocycles. The van der Waals surface area contributed by atoms with Crippen LogP contribution in [0.2, 0.25) is 0 Å². The van der Waals surface area contributed by atoms with Crippen molar-refractivity contribution in [3.05, 3.63) is 71.6 Å². The SMILES string of the molecule is c1coc(CN2COc3c(ccc4c3CN(Cc3ccco3)CO4)C2)c1. The Morgan fingerprint density at radius 1 is 0.769 bits per heavy atom. The molecule has 0 amide bonds.